The zero-order valence-corrected chi connectivity index (χ0v) is 11.6. The molecule has 1 rings (SSSR count). The van der Waals surface area contributed by atoms with Gasteiger partial charge in [0.2, 0.25) is 0 Å². The van der Waals surface area contributed by atoms with Crippen LogP contribution in [0.4, 0.5) is 0 Å². The van der Waals surface area contributed by atoms with Crippen molar-refractivity contribution in [2.45, 2.75) is 26.1 Å². The first-order valence-electron chi connectivity index (χ1n) is 5.08. The highest BCUT2D eigenvalue weighted by atomic mass is 35.7. The first kappa shape index (κ1) is 14.4. The molecule has 1 aliphatic rings. The molecule has 0 saturated heterocycles. The van der Waals surface area contributed by atoms with Gasteiger partial charge in [0.1, 0.15) is 4.91 Å². The number of halogens is 1. The fraction of sp³-hybridized carbons (Fsp3) is 0.455. The van der Waals surface area contributed by atoms with Crippen LogP contribution in [-0.4, -0.2) is 16.3 Å². The van der Waals surface area contributed by atoms with Crippen LogP contribution < -0.4 is 5.73 Å². The van der Waals surface area contributed by atoms with Crippen molar-refractivity contribution >= 4 is 27.6 Å². The van der Waals surface area contributed by atoms with Crippen molar-refractivity contribution < 1.29 is 8.42 Å². The maximum atomic E-state index is 11.5. The molecule has 0 aromatic rings. The van der Waals surface area contributed by atoms with Crippen LogP contribution in [0.25, 0.3) is 0 Å². The van der Waals surface area contributed by atoms with Crippen LogP contribution >= 0.6 is 10.7 Å². The lowest BCUT2D eigenvalue weighted by atomic mass is 9.68. The molecule has 1 atom stereocenters. The minimum atomic E-state index is -3.89. The third kappa shape index (κ3) is 3.93. The van der Waals surface area contributed by atoms with Crippen LogP contribution in [0, 0.1) is 5.41 Å². The van der Waals surface area contributed by atoms with Gasteiger partial charge in [0.15, 0.2) is 0 Å². The average molecular weight is 272 g/mol. The molecule has 0 spiro atoms. The Balaban J connectivity index is 3.53. The van der Waals surface area contributed by atoms with E-state index < -0.39 is 19.8 Å². The second-order valence-corrected chi connectivity index (χ2v) is 7.60. The Bertz CT molecular complexity index is 516. The molecule has 0 fully saturated rings. The molecule has 1 unspecified atom stereocenters. The normalized spacial score (nSPS) is 28.9. The Hall–Kier alpha value is -0.675. The van der Waals surface area contributed by atoms with Gasteiger partial charge < -0.3 is 5.73 Å². The van der Waals surface area contributed by atoms with Gasteiger partial charge in [0, 0.05) is 21.8 Å². The Morgan fingerprint density at radius 3 is 2.24 bits per heavy atom. The van der Waals surface area contributed by atoms with Crippen molar-refractivity contribution in [3.8, 4) is 0 Å². The molecule has 0 amide bonds. The first-order chi connectivity index (χ1) is 7.43. The summed E-state index contributed by atoms with van der Waals surface area (Å²) in [6.07, 6.45) is 6.61. The summed E-state index contributed by atoms with van der Waals surface area (Å²) in [5, 5.41) is -0.803. The predicted octanol–water partition coefficient (Wildman–Crippen LogP) is 2.22. The molecule has 0 aromatic heterocycles. The second kappa shape index (κ2) is 4.21. The maximum absolute atomic E-state index is 11.5. The molecule has 3 nitrogen and oxygen atoms in total. The summed E-state index contributed by atoms with van der Waals surface area (Å²) in [5.74, 6) is 0. The largest absolute Gasteiger partial charge is 0.398 e. The third-order valence-corrected chi connectivity index (χ3v) is 3.77. The smallest absolute Gasteiger partial charge is 0.263 e. The van der Waals surface area contributed by atoms with Crippen LogP contribution in [0.1, 0.15) is 20.8 Å². The van der Waals surface area contributed by atoms with Crippen molar-refractivity contribution in [3.05, 3.63) is 34.9 Å². The lowest BCUT2D eigenvalue weighted by Gasteiger charge is -2.25. The van der Waals surface area contributed by atoms with Crippen molar-refractivity contribution in [3.63, 3.8) is 0 Å². The number of hydrogen-bond donors (Lipinski definition) is 1. The van der Waals surface area contributed by atoms with Crippen LogP contribution in [0.15, 0.2) is 34.9 Å². The molecule has 0 heterocycles. The molecular formula is C11H15BClNO2S. The standard InChI is InChI=1S/C11H15BClNO2S/c1-10(2)4-5-11(3,12)6-8(14)9(7-10)17(13,15)16/h4-7H,14H2,1-3H3. The molecule has 0 bridgehead atoms. The molecule has 0 saturated carbocycles. The van der Waals surface area contributed by atoms with Crippen molar-refractivity contribution in [2.24, 2.45) is 11.1 Å². The van der Waals surface area contributed by atoms with E-state index in [0.717, 1.165) is 0 Å². The zero-order valence-electron chi connectivity index (χ0n) is 10.1. The van der Waals surface area contributed by atoms with Crippen molar-refractivity contribution in [2.75, 3.05) is 0 Å². The topological polar surface area (TPSA) is 60.2 Å². The molecule has 1 aliphatic carbocycles. The van der Waals surface area contributed by atoms with Gasteiger partial charge >= 0.3 is 0 Å². The van der Waals surface area contributed by atoms with E-state index in [2.05, 4.69) is 0 Å². The second-order valence-electron chi connectivity index (χ2n) is 5.07. The lowest BCUT2D eigenvalue weighted by Crippen LogP contribution is -2.18. The summed E-state index contributed by atoms with van der Waals surface area (Å²) >= 11 is 0. The van der Waals surface area contributed by atoms with E-state index in [9.17, 15) is 8.42 Å². The molecule has 17 heavy (non-hydrogen) atoms. The van der Waals surface area contributed by atoms with E-state index >= 15 is 0 Å². The van der Waals surface area contributed by atoms with Gasteiger partial charge in [-0.05, 0) is 5.31 Å². The van der Waals surface area contributed by atoms with Gasteiger partial charge in [0.05, 0.1) is 7.85 Å². The van der Waals surface area contributed by atoms with E-state index in [1.54, 1.807) is 13.0 Å². The van der Waals surface area contributed by atoms with Gasteiger partial charge in [-0.1, -0.05) is 45.1 Å². The summed E-state index contributed by atoms with van der Waals surface area (Å²) in [6.45, 7) is 5.43. The quantitative estimate of drug-likeness (QED) is 0.452. The molecule has 92 valence electrons. The Labute approximate surface area is 108 Å². The van der Waals surface area contributed by atoms with E-state index in [-0.39, 0.29) is 10.6 Å². The zero-order chi connectivity index (χ0) is 13.5. The summed E-state index contributed by atoms with van der Waals surface area (Å²) < 4.78 is 22.9. The summed E-state index contributed by atoms with van der Waals surface area (Å²) in [5.41, 5.74) is 5.33. The van der Waals surface area contributed by atoms with E-state index in [0.29, 0.717) is 0 Å². The first-order valence-corrected chi connectivity index (χ1v) is 7.39. The molecule has 2 N–H and O–H groups in total. The minimum absolute atomic E-state index is 0.0717. The Morgan fingerprint density at radius 2 is 1.76 bits per heavy atom. The van der Waals surface area contributed by atoms with Gasteiger partial charge in [-0.2, -0.15) is 0 Å². The van der Waals surface area contributed by atoms with Crippen LogP contribution in [0.3, 0.4) is 0 Å². The predicted molar refractivity (Wildman–Crippen MR) is 72.2 cm³/mol. The summed E-state index contributed by atoms with van der Waals surface area (Å²) in [4.78, 5) is -0.0924. The highest BCUT2D eigenvalue weighted by Gasteiger charge is 2.26. The van der Waals surface area contributed by atoms with Crippen LogP contribution in [0.5, 0.6) is 0 Å². The fourth-order valence-corrected chi connectivity index (χ4v) is 2.71. The Morgan fingerprint density at radius 1 is 1.24 bits per heavy atom. The summed E-state index contributed by atoms with van der Waals surface area (Å²) in [6, 6.07) is 0. The van der Waals surface area contributed by atoms with Gasteiger partial charge in [-0.25, -0.2) is 8.42 Å². The number of rotatable bonds is 1. The molecule has 2 radical (unpaired) electrons. The number of hydrogen-bond acceptors (Lipinski definition) is 3. The maximum Gasteiger partial charge on any atom is 0.263 e. The third-order valence-electron chi connectivity index (χ3n) is 2.39. The van der Waals surface area contributed by atoms with E-state index in [1.807, 2.05) is 19.9 Å². The van der Waals surface area contributed by atoms with E-state index in [1.165, 1.54) is 12.2 Å². The summed E-state index contributed by atoms with van der Waals surface area (Å²) in [7, 11) is 7.44. The van der Waals surface area contributed by atoms with Gasteiger partial charge in [-0.15, -0.1) is 0 Å². The van der Waals surface area contributed by atoms with Crippen LogP contribution in [-0.2, 0) is 9.05 Å². The minimum Gasteiger partial charge on any atom is -0.398 e. The average Bonchev–Trinajstić information content (AvgIpc) is 2.08. The van der Waals surface area contributed by atoms with Crippen molar-refractivity contribution in [1.29, 1.82) is 0 Å². The van der Waals surface area contributed by atoms with Gasteiger partial charge in [-0.3, -0.25) is 0 Å². The highest BCUT2D eigenvalue weighted by Crippen LogP contribution is 2.36. The molecular weight excluding hydrogens is 256 g/mol. The highest BCUT2D eigenvalue weighted by molar-refractivity contribution is 8.17. The molecule has 0 aliphatic heterocycles. The van der Waals surface area contributed by atoms with Crippen LogP contribution in [0.2, 0.25) is 5.31 Å². The lowest BCUT2D eigenvalue weighted by molar-refractivity contribution is 0.602. The number of allylic oxidation sites excluding steroid dienone is 4. The SMILES string of the molecule is [B]C1(C)C=CC(C)(C)C=C(S(=O)(=O)Cl)C(N)=C1. The Kier molecular flexibility index (Phi) is 3.56. The molecule has 6 heteroatoms. The van der Waals surface area contributed by atoms with E-state index in [4.69, 9.17) is 24.3 Å². The molecule has 0 aromatic carbocycles. The fourth-order valence-electron chi connectivity index (χ4n) is 1.53. The van der Waals surface area contributed by atoms with Gasteiger partial charge in [0.25, 0.3) is 9.05 Å². The number of nitrogens with two attached hydrogens (primary N) is 1. The van der Waals surface area contributed by atoms with Crippen molar-refractivity contribution in [1.82, 2.24) is 0 Å². The monoisotopic (exact) mass is 271 g/mol.